The van der Waals surface area contributed by atoms with Gasteiger partial charge in [0.25, 0.3) is 5.56 Å². The van der Waals surface area contributed by atoms with Crippen LogP contribution in [0.3, 0.4) is 0 Å². The molecule has 1 N–H and O–H groups in total. The first-order valence-corrected chi connectivity index (χ1v) is 7.67. The second-order valence-electron chi connectivity index (χ2n) is 5.68. The predicted octanol–water partition coefficient (Wildman–Crippen LogP) is 1.38. The normalized spacial score (nSPS) is 13.1. The molecule has 1 aliphatic rings. The fourth-order valence-electron chi connectivity index (χ4n) is 2.93. The molecule has 0 saturated heterocycles. The molecule has 0 saturated carbocycles. The number of ether oxygens (including phenoxy) is 1. The van der Waals surface area contributed by atoms with Crippen LogP contribution in [0, 0.1) is 11.3 Å². The van der Waals surface area contributed by atoms with Crippen molar-refractivity contribution in [3.05, 3.63) is 63.1 Å². The molecule has 0 unspecified atom stereocenters. The van der Waals surface area contributed by atoms with Crippen molar-refractivity contribution in [2.45, 2.75) is 19.4 Å². The molecule has 1 aromatic carbocycles. The Labute approximate surface area is 139 Å². The number of para-hydroxylation sites is 1. The van der Waals surface area contributed by atoms with E-state index in [1.807, 2.05) is 30.3 Å². The molecule has 2 aromatic rings. The quantitative estimate of drug-likeness (QED) is 0.924. The van der Waals surface area contributed by atoms with Gasteiger partial charge in [-0.05, 0) is 17.7 Å². The highest BCUT2D eigenvalue weighted by Gasteiger charge is 2.23. The van der Waals surface area contributed by atoms with Gasteiger partial charge in [-0.2, -0.15) is 5.26 Å². The summed E-state index contributed by atoms with van der Waals surface area (Å²) in [5.41, 5.74) is 2.18. The molecule has 1 amide bonds. The Bertz CT molecular complexity index is 880. The number of rotatable bonds is 3. The minimum absolute atomic E-state index is 0.00476. The number of aromatic amines is 1. The summed E-state index contributed by atoms with van der Waals surface area (Å²) in [4.78, 5) is 28.8. The van der Waals surface area contributed by atoms with Crippen LogP contribution < -0.4 is 10.3 Å². The number of methoxy groups -OCH3 is 1. The summed E-state index contributed by atoms with van der Waals surface area (Å²) in [5.74, 6) is 0.689. The van der Waals surface area contributed by atoms with Gasteiger partial charge >= 0.3 is 0 Å². The van der Waals surface area contributed by atoms with E-state index >= 15 is 0 Å². The van der Waals surface area contributed by atoms with Gasteiger partial charge in [-0.3, -0.25) is 9.59 Å². The van der Waals surface area contributed by atoms with Crippen LogP contribution in [0.2, 0.25) is 0 Å². The van der Waals surface area contributed by atoms with Crippen LogP contribution >= 0.6 is 0 Å². The van der Waals surface area contributed by atoms with Crippen LogP contribution in [0.1, 0.15) is 22.4 Å². The molecule has 24 heavy (non-hydrogen) atoms. The summed E-state index contributed by atoms with van der Waals surface area (Å²) in [6, 6.07) is 10.9. The minimum Gasteiger partial charge on any atom is -0.496 e. The number of aromatic nitrogens is 1. The highest BCUT2D eigenvalue weighted by Crippen LogP contribution is 2.21. The summed E-state index contributed by atoms with van der Waals surface area (Å²) >= 11 is 0. The maximum absolute atomic E-state index is 12.6. The van der Waals surface area contributed by atoms with E-state index in [9.17, 15) is 9.59 Å². The number of nitrogens with one attached hydrogen (secondary N) is 1. The number of H-pyrrole nitrogens is 1. The van der Waals surface area contributed by atoms with Crippen molar-refractivity contribution < 1.29 is 9.53 Å². The molecular weight excluding hydrogens is 306 g/mol. The summed E-state index contributed by atoms with van der Waals surface area (Å²) in [7, 11) is 1.58. The lowest BCUT2D eigenvalue weighted by Crippen LogP contribution is -2.38. The first-order valence-electron chi connectivity index (χ1n) is 7.67. The molecule has 0 radical (unpaired) electrons. The van der Waals surface area contributed by atoms with Gasteiger partial charge in [-0.1, -0.05) is 18.2 Å². The number of hydrogen-bond donors (Lipinski definition) is 1. The lowest BCUT2D eigenvalue weighted by molar-refractivity contribution is -0.131. The third-order valence-electron chi connectivity index (χ3n) is 4.22. The Hall–Kier alpha value is -3.07. The zero-order chi connectivity index (χ0) is 17.1. The molecule has 2 heterocycles. The van der Waals surface area contributed by atoms with Crippen molar-refractivity contribution in [3.8, 4) is 11.8 Å². The van der Waals surface area contributed by atoms with Crippen molar-refractivity contribution in [1.82, 2.24) is 9.88 Å². The summed E-state index contributed by atoms with van der Waals surface area (Å²) in [6.07, 6.45) is 0.835. The van der Waals surface area contributed by atoms with E-state index in [1.54, 1.807) is 18.1 Å². The molecule has 1 aliphatic heterocycles. The first kappa shape index (κ1) is 15.8. The van der Waals surface area contributed by atoms with E-state index in [0.29, 0.717) is 25.3 Å². The molecule has 6 heteroatoms. The minimum atomic E-state index is -0.370. The molecule has 3 rings (SSSR count). The van der Waals surface area contributed by atoms with Gasteiger partial charge in [0.2, 0.25) is 5.91 Å². The second-order valence-corrected chi connectivity index (χ2v) is 5.68. The number of nitriles is 1. The first-order chi connectivity index (χ1) is 11.6. The number of fused-ring (bicyclic) bond motifs is 1. The van der Waals surface area contributed by atoms with Gasteiger partial charge in [-0.25, -0.2) is 0 Å². The van der Waals surface area contributed by atoms with Crippen molar-refractivity contribution in [2.24, 2.45) is 0 Å². The lowest BCUT2D eigenvalue weighted by Gasteiger charge is -2.29. The molecule has 0 bridgehead atoms. The number of amides is 1. The van der Waals surface area contributed by atoms with E-state index in [4.69, 9.17) is 10.00 Å². The van der Waals surface area contributed by atoms with Gasteiger partial charge in [-0.15, -0.1) is 0 Å². The third-order valence-corrected chi connectivity index (χ3v) is 4.22. The van der Waals surface area contributed by atoms with Gasteiger partial charge in [0.1, 0.15) is 17.4 Å². The predicted molar refractivity (Wildman–Crippen MR) is 87.6 cm³/mol. The zero-order valence-corrected chi connectivity index (χ0v) is 13.3. The smallest absolute Gasteiger partial charge is 0.266 e. The Morgan fingerprint density at radius 2 is 2.21 bits per heavy atom. The van der Waals surface area contributed by atoms with E-state index in [2.05, 4.69) is 4.98 Å². The number of carbonyl (C=O) groups excluding carboxylic acids is 1. The number of carbonyl (C=O) groups is 1. The second kappa shape index (κ2) is 6.59. The van der Waals surface area contributed by atoms with Crippen molar-refractivity contribution in [1.29, 1.82) is 5.26 Å². The molecule has 0 aliphatic carbocycles. The van der Waals surface area contributed by atoms with Gasteiger partial charge in [0.05, 0.1) is 13.5 Å². The SMILES string of the molecule is COc1ccccc1CC(=O)N1CCc2[nH]c(=O)c(C#N)cc2C1. The van der Waals surface area contributed by atoms with Gasteiger partial charge in [0.15, 0.2) is 0 Å². The maximum atomic E-state index is 12.6. The zero-order valence-electron chi connectivity index (χ0n) is 13.3. The van der Waals surface area contributed by atoms with E-state index in [0.717, 1.165) is 16.8 Å². The van der Waals surface area contributed by atoms with Crippen LogP contribution in [0.5, 0.6) is 5.75 Å². The fourth-order valence-corrected chi connectivity index (χ4v) is 2.93. The molecule has 122 valence electrons. The van der Waals surface area contributed by atoms with E-state index in [-0.39, 0.29) is 23.5 Å². The van der Waals surface area contributed by atoms with Crippen LogP contribution in [0.4, 0.5) is 0 Å². The molecule has 1 aromatic heterocycles. The average Bonchev–Trinajstić information content (AvgIpc) is 2.61. The van der Waals surface area contributed by atoms with Gasteiger partial charge < -0.3 is 14.6 Å². The fraction of sp³-hybridized carbons (Fsp3) is 0.278. The number of pyridine rings is 1. The number of hydrogen-bond acceptors (Lipinski definition) is 4. The Kier molecular flexibility index (Phi) is 4.34. The Balaban J connectivity index is 1.79. The monoisotopic (exact) mass is 323 g/mol. The topological polar surface area (TPSA) is 86.2 Å². The molecule has 0 atom stereocenters. The van der Waals surface area contributed by atoms with Crippen molar-refractivity contribution in [2.75, 3.05) is 13.7 Å². The third kappa shape index (κ3) is 3.01. The summed E-state index contributed by atoms with van der Waals surface area (Å²) in [6.45, 7) is 0.942. The molecular formula is C18H17N3O3. The summed E-state index contributed by atoms with van der Waals surface area (Å²) in [5, 5.41) is 8.98. The van der Waals surface area contributed by atoms with Gasteiger partial charge in [0, 0.05) is 30.8 Å². The molecule has 0 fully saturated rings. The Morgan fingerprint density at radius 1 is 1.42 bits per heavy atom. The largest absolute Gasteiger partial charge is 0.496 e. The van der Waals surface area contributed by atoms with Crippen LogP contribution in [0.25, 0.3) is 0 Å². The van der Waals surface area contributed by atoms with Crippen molar-refractivity contribution >= 4 is 5.91 Å². The summed E-state index contributed by atoms with van der Waals surface area (Å²) < 4.78 is 5.29. The van der Waals surface area contributed by atoms with E-state index in [1.165, 1.54) is 0 Å². The Morgan fingerprint density at radius 3 is 2.96 bits per heavy atom. The average molecular weight is 323 g/mol. The van der Waals surface area contributed by atoms with E-state index < -0.39 is 0 Å². The lowest BCUT2D eigenvalue weighted by atomic mass is 10.0. The number of nitrogens with zero attached hydrogens (tertiary/aromatic N) is 2. The van der Waals surface area contributed by atoms with Crippen LogP contribution in [0.15, 0.2) is 35.1 Å². The highest BCUT2D eigenvalue weighted by molar-refractivity contribution is 5.79. The molecule has 0 spiro atoms. The van der Waals surface area contributed by atoms with Crippen LogP contribution in [-0.2, 0) is 24.2 Å². The number of benzene rings is 1. The maximum Gasteiger partial charge on any atom is 0.266 e. The highest BCUT2D eigenvalue weighted by atomic mass is 16.5. The standard InChI is InChI=1S/C18H17N3O3/c1-24-16-5-3-2-4-12(16)9-17(22)21-7-6-15-14(11-21)8-13(10-19)18(23)20-15/h2-5,8H,6-7,9,11H2,1H3,(H,20,23). The van der Waals surface area contributed by atoms with Crippen molar-refractivity contribution in [3.63, 3.8) is 0 Å². The molecule has 6 nitrogen and oxygen atoms in total. The van der Waals surface area contributed by atoms with Crippen LogP contribution in [-0.4, -0.2) is 29.4 Å².